The lowest BCUT2D eigenvalue weighted by molar-refractivity contribution is 0.565. The molecule has 0 atom stereocenters. The normalized spacial score (nSPS) is 10.5. The lowest BCUT2D eigenvalue weighted by Gasteiger charge is -1.91. The van der Waals surface area contributed by atoms with Crippen LogP contribution in [0.2, 0.25) is 0 Å². The highest BCUT2D eigenvalue weighted by Gasteiger charge is 2.07. The first-order valence-electron chi connectivity index (χ1n) is 2.98. The molecule has 1 aromatic heterocycles. The molecule has 0 bridgehead atoms. The molecule has 5 nitrogen and oxygen atoms in total. The van der Waals surface area contributed by atoms with Crippen LogP contribution in [0, 0.1) is 0 Å². The van der Waals surface area contributed by atoms with Crippen molar-refractivity contribution in [3.05, 3.63) is 21.0 Å². The van der Waals surface area contributed by atoms with E-state index in [-0.39, 0.29) is 16.8 Å². The maximum Gasteiger partial charge on any atom is 0.347 e. The summed E-state index contributed by atoms with van der Waals surface area (Å²) in [6.45, 7) is 0. The minimum Gasteiger partial charge on any atom is -0.246 e. The number of nitrogens with zero attached hydrogens (tertiary/aromatic N) is 3. The van der Waals surface area contributed by atoms with E-state index in [2.05, 4.69) is 15.9 Å². The van der Waals surface area contributed by atoms with Gasteiger partial charge >= 0.3 is 11.4 Å². The van der Waals surface area contributed by atoms with Crippen molar-refractivity contribution >= 4 is 15.9 Å². The predicted octanol–water partition coefficient (Wildman–Crippen LogP) is -0.762. The van der Waals surface area contributed by atoms with Crippen LogP contribution >= 0.6 is 15.9 Å². The largest absolute Gasteiger partial charge is 0.347 e. The average Bonchev–Trinajstić information content (AvgIpc) is 2.17. The quantitative estimate of drug-likeness (QED) is 0.586. The summed E-state index contributed by atoms with van der Waals surface area (Å²) >= 11 is 3.04. The molecule has 0 spiro atoms. The van der Waals surface area contributed by atoms with E-state index in [1.807, 2.05) is 0 Å². The zero-order valence-corrected chi connectivity index (χ0v) is 7.83. The topological polar surface area (TPSA) is 48.9 Å². The summed E-state index contributed by atoms with van der Waals surface area (Å²) in [6.07, 6.45) is 0. The number of rotatable bonds is 1. The third-order valence-corrected chi connectivity index (χ3v) is 2.09. The van der Waals surface area contributed by atoms with Crippen LogP contribution in [0.25, 0.3) is 0 Å². The molecule has 1 aromatic rings. The maximum atomic E-state index is 11.1. The summed E-state index contributed by atoms with van der Waals surface area (Å²) in [6, 6.07) is 0. The highest BCUT2D eigenvalue weighted by molar-refractivity contribution is 9.08. The van der Waals surface area contributed by atoms with Gasteiger partial charge in [-0.3, -0.25) is 0 Å². The Morgan fingerprint density at radius 2 is 1.55 bits per heavy atom. The van der Waals surface area contributed by atoms with Crippen molar-refractivity contribution in [3.63, 3.8) is 0 Å². The summed E-state index contributed by atoms with van der Waals surface area (Å²) < 4.78 is 3.60. The highest BCUT2D eigenvalue weighted by Crippen LogP contribution is 1.81. The maximum absolute atomic E-state index is 11.1. The van der Waals surface area contributed by atoms with E-state index in [4.69, 9.17) is 0 Å². The Kier molecular flexibility index (Phi) is 2.03. The van der Waals surface area contributed by atoms with Crippen molar-refractivity contribution in [1.29, 1.82) is 0 Å². The smallest absolute Gasteiger partial charge is 0.246 e. The molecule has 11 heavy (non-hydrogen) atoms. The molecule has 0 fully saturated rings. The van der Waals surface area contributed by atoms with Crippen LogP contribution < -0.4 is 11.4 Å². The molecular formula is C5H8BrN3O2. The molecule has 0 aliphatic heterocycles. The average molecular weight is 222 g/mol. The van der Waals surface area contributed by atoms with Gasteiger partial charge < -0.3 is 0 Å². The van der Waals surface area contributed by atoms with Gasteiger partial charge in [0.05, 0.1) is 5.45 Å². The minimum atomic E-state index is -0.311. The molecule has 0 radical (unpaired) electrons. The van der Waals surface area contributed by atoms with Gasteiger partial charge in [0.15, 0.2) is 0 Å². The zero-order chi connectivity index (χ0) is 8.59. The van der Waals surface area contributed by atoms with Crippen molar-refractivity contribution < 1.29 is 0 Å². The van der Waals surface area contributed by atoms with Crippen molar-refractivity contribution in [1.82, 2.24) is 13.9 Å². The van der Waals surface area contributed by atoms with Gasteiger partial charge in [0.1, 0.15) is 0 Å². The van der Waals surface area contributed by atoms with Gasteiger partial charge in [-0.15, -0.1) is 0 Å². The Labute approximate surface area is 71.0 Å². The van der Waals surface area contributed by atoms with Gasteiger partial charge in [-0.05, 0) is 0 Å². The van der Waals surface area contributed by atoms with Crippen LogP contribution in [0.5, 0.6) is 0 Å². The molecule has 0 aliphatic carbocycles. The molecule has 0 aromatic carbocycles. The molecular weight excluding hydrogens is 214 g/mol. The van der Waals surface area contributed by atoms with E-state index in [0.29, 0.717) is 0 Å². The molecule has 6 heteroatoms. The first-order valence-corrected chi connectivity index (χ1v) is 4.10. The number of aromatic nitrogens is 3. The Hall–Kier alpha value is -0.780. The molecule has 1 heterocycles. The molecule has 1 rings (SSSR count). The van der Waals surface area contributed by atoms with Gasteiger partial charge in [-0.2, -0.15) is 0 Å². The molecule has 0 unspecified atom stereocenters. The van der Waals surface area contributed by atoms with Crippen molar-refractivity contribution in [3.8, 4) is 0 Å². The Balaban J connectivity index is 3.63. The number of alkyl halides is 1. The molecule has 0 saturated heterocycles. The van der Waals surface area contributed by atoms with Crippen LogP contribution in [0.3, 0.4) is 0 Å². The monoisotopic (exact) mass is 221 g/mol. The number of hydrogen-bond donors (Lipinski definition) is 0. The Morgan fingerprint density at radius 3 is 1.73 bits per heavy atom. The van der Waals surface area contributed by atoms with E-state index in [1.54, 1.807) is 14.1 Å². The van der Waals surface area contributed by atoms with E-state index in [0.717, 1.165) is 4.57 Å². The van der Waals surface area contributed by atoms with E-state index in [9.17, 15) is 9.59 Å². The molecule has 0 amide bonds. The molecule has 0 N–H and O–H groups in total. The van der Waals surface area contributed by atoms with Crippen LogP contribution in [-0.2, 0) is 19.5 Å². The molecule has 0 aliphatic rings. The molecule has 0 saturated carbocycles. The third-order valence-electron chi connectivity index (χ3n) is 1.58. The summed E-state index contributed by atoms with van der Waals surface area (Å²) in [5.74, 6) is 0. The summed E-state index contributed by atoms with van der Waals surface area (Å²) in [7, 11) is 3.09. The fourth-order valence-corrected chi connectivity index (χ4v) is 1.22. The second-order valence-electron chi connectivity index (χ2n) is 2.16. The fourth-order valence-electron chi connectivity index (χ4n) is 0.790. The van der Waals surface area contributed by atoms with Crippen molar-refractivity contribution in [2.75, 3.05) is 0 Å². The van der Waals surface area contributed by atoms with E-state index < -0.39 is 0 Å². The van der Waals surface area contributed by atoms with E-state index in [1.165, 1.54) is 9.36 Å². The van der Waals surface area contributed by atoms with Gasteiger partial charge in [0.25, 0.3) is 0 Å². The van der Waals surface area contributed by atoms with E-state index >= 15 is 0 Å². The zero-order valence-electron chi connectivity index (χ0n) is 6.24. The second-order valence-corrected chi connectivity index (χ2v) is 2.66. The van der Waals surface area contributed by atoms with Gasteiger partial charge in [-0.25, -0.2) is 23.5 Å². The van der Waals surface area contributed by atoms with Crippen molar-refractivity contribution in [2.45, 2.75) is 5.45 Å². The SMILES string of the molecule is Cn1c(=O)n(CBr)c(=O)n1C. The second kappa shape index (κ2) is 2.69. The summed E-state index contributed by atoms with van der Waals surface area (Å²) in [5.41, 5.74) is -0.386. The molecule has 62 valence electrons. The lowest BCUT2D eigenvalue weighted by atomic mass is 11.0. The standard InChI is InChI=1S/C5H8BrN3O2/c1-7-4(10)9(3-6)5(11)8(7)2/h3H2,1-2H3. The predicted molar refractivity (Wildman–Crippen MR) is 43.8 cm³/mol. The lowest BCUT2D eigenvalue weighted by Crippen LogP contribution is -2.26. The number of hydrogen-bond acceptors (Lipinski definition) is 2. The van der Waals surface area contributed by atoms with Gasteiger partial charge in [0.2, 0.25) is 0 Å². The highest BCUT2D eigenvalue weighted by atomic mass is 79.9. The van der Waals surface area contributed by atoms with Crippen LogP contribution in [0.15, 0.2) is 9.59 Å². The number of halogens is 1. The fraction of sp³-hybridized carbons (Fsp3) is 0.600. The Morgan fingerprint density at radius 1 is 1.18 bits per heavy atom. The minimum absolute atomic E-state index is 0.235. The van der Waals surface area contributed by atoms with Gasteiger partial charge in [0, 0.05) is 14.1 Å². The first kappa shape index (κ1) is 8.32. The Bertz CT molecular complexity index is 339. The van der Waals surface area contributed by atoms with Crippen LogP contribution in [-0.4, -0.2) is 13.9 Å². The third kappa shape index (κ3) is 1.07. The first-order chi connectivity index (χ1) is 5.09. The summed E-state index contributed by atoms with van der Waals surface area (Å²) in [4.78, 5) is 22.2. The van der Waals surface area contributed by atoms with Gasteiger partial charge in [-0.1, -0.05) is 15.9 Å². The van der Waals surface area contributed by atoms with Crippen LogP contribution in [0.1, 0.15) is 0 Å². The summed E-state index contributed by atoms with van der Waals surface area (Å²) in [5, 5.41) is 0. The van der Waals surface area contributed by atoms with Crippen LogP contribution in [0.4, 0.5) is 0 Å². The van der Waals surface area contributed by atoms with Crippen molar-refractivity contribution in [2.24, 2.45) is 14.1 Å².